The van der Waals surface area contributed by atoms with Crippen LogP contribution in [-0.2, 0) is 13.0 Å². The van der Waals surface area contributed by atoms with Crippen molar-refractivity contribution in [2.75, 3.05) is 11.9 Å². The fourth-order valence-corrected chi connectivity index (χ4v) is 2.62. The van der Waals surface area contributed by atoms with E-state index < -0.39 is 0 Å². The Hall–Kier alpha value is -1.51. The number of nitrogens with zero attached hydrogens (tertiary/aromatic N) is 1. The van der Waals surface area contributed by atoms with E-state index in [1.165, 1.54) is 5.56 Å². The SMILES string of the molecule is CC(N)Cc1c(Cl)cccc1N(C)Cc1ccccc1. The van der Waals surface area contributed by atoms with Crippen molar-refractivity contribution >= 4 is 17.3 Å². The number of hydrogen-bond acceptors (Lipinski definition) is 2. The molecule has 106 valence electrons. The Morgan fingerprint density at radius 2 is 1.80 bits per heavy atom. The molecule has 0 heterocycles. The Kier molecular flexibility index (Phi) is 5.05. The Morgan fingerprint density at radius 1 is 1.10 bits per heavy atom. The van der Waals surface area contributed by atoms with Gasteiger partial charge in [-0.25, -0.2) is 0 Å². The van der Waals surface area contributed by atoms with Gasteiger partial charge in [-0.15, -0.1) is 0 Å². The van der Waals surface area contributed by atoms with Crippen LogP contribution < -0.4 is 10.6 Å². The fraction of sp³-hybridized carbons (Fsp3) is 0.294. The first-order chi connectivity index (χ1) is 9.58. The van der Waals surface area contributed by atoms with Gasteiger partial charge in [-0.1, -0.05) is 48.0 Å². The Balaban J connectivity index is 2.25. The number of anilines is 1. The third-order valence-corrected chi connectivity index (χ3v) is 3.65. The highest BCUT2D eigenvalue weighted by atomic mass is 35.5. The largest absolute Gasteiger partial charge is 0.370 e. The Bertz CT molecular complexity index is 552. The van der Waals surface area contributed by atoms with Crippen LogP contribution in [0.1, 0.15) is 18.1 Å². The number of benzene rings is 2. The molecule has 2 nitrogen and oxygen atoms in total. The predicted molar refractivity (Wildman–Crippen MR) is 87.4 cm³/mol. The van der Waals surface area contributed by atoms with Crippen molar-refractivity contribution in [2.45, 2.75) is 25.9 Å². The number of rotatable bonds is 5. The van der Waals surface area contributed by atoms with E-state index in [1.807, 2.05) is 25.1 Å². The zero-order valence-electron chi connectivity index (χ0n) is 12.0. The first-order valence-electron chi connectivity index (χ1n) is 6.86. The summed E-state index contributed by atoms with van der Waals surface area (Å²) in [6, 6.07) is 16.5. The molecule has 2 aromatic rings. The van der Waals surface area contributed by atoms with Crippen molar-refractivity contribution in [1.29, 1.82) is 0 Å². The second-order valence-corrected chi connectivity index (χ2v) is 5.67. The van der Waals surface area contributed by atoms with E-state index in [2.05, 4.69) is 42.3 Å². The molecule has 2 rings (SSSR count). The highest BCUT2D eigenvalue weighted by molar-refractivity contribution is 6.31. The lowest BCUT2D eigenvalue weighted by Crippen LogP contribution is -2.22. The minimum absolute atomic E-state index is 0.0961. The summed E-state index contributed by atoms with van der Waals surface area (Å²) in [4.78, 5) is 2.22. The summed E-state index contributed by atoms with van der Waals surface area (Å²) in [7, 11) is 2.09. The average molecular weight is 289 g/mol. The molecule has 1 atom stereocenters. The maximum atomic E-state index is 6.34. The van der Waals surface area contributed by atoms with Gasteiger partial charge in [0, 0.05) is 30.3 Å². The minimum atomic E-state index is 0.0961. The van der Waals surface area contributed by atoms with Crippen molar-refractivity contribution in [2.24, 2.45) is 5.73 Å². The van der Waals surface area contributed by atoms with Crippen LogP contribution in [0.4, 0.5) is 5.69 Å². The molecule has 0 bridgehead atoms. The average Bonchev–Trinajstić information content (AvgIpc) is 2.41. The molecule has 20 heavy (non-hydrogen) atoms. The topological polar surface area (TPSA) is 29.3 Å². The molecule has 0 aromatic heterocycles. The third-order valence-electron chi connectivity index (χ3n) is 3.29. The predicted octanol–water partition coefficient (Wildman–Crippen LogP) is 3.87. The van der Waals surface area contributed by atoms with Crippen LogP contribution >= 0.6 is 11.6 Å². The van der Waals surface area contributed by atoms with E-state index in [1.54, 1.807) is 0 Å². The lowest BCUT2D eigenvalue weighted by atomic mass is 10.0. The number of halogens is 1. The van der Waals surface area contributed by atoms with Crippen LogP contribution in [-0.4, -0.2) is 13.1 Å². The first-order valence-corrected chi connectivity index (χ1v) is 7.23. The molecule has 0 radical (unpaired) electrons. The quantitative estimate of drug-likeness (QED) is 0.905. The standard InChI is InChI=1S/C17H21ClN2/c1-13(19)11-15-16(18)9-6-10-17(15)20(2)12-14-7-4-3-5-8-14/h3-10,13H,11-12,19H2,1-2H3. The third kappa shape index (κ3) is 3.75. The van der Waals surface area contributed by atoms with Gasteiger partial charge in [0.25, 0.3) is 0 Å². The lowest BCUT2D eigenvalue weighted by molar-refractivity contribution is 0.734. The maximum absolute atomic E-state index is 6.34. The van der Waals surface area contributed by atoms with Crippen molar-refractivity contribution in [1.82, 2.24) is 0 Å². The van der Waals surface area contributed by atoms with E-state index in [-0.39, 0.29) is 6.04 Å². The Morgan fingerprint density at radius 3 is 2.45 bits per heavy atom. The lowest BCUT2D eigenvalue weighted by Gasteiger charge is -2.24. The highest BCUT2D eigenvalue weighted by Crippen LogP contribution is 2.28. The van der Waals surface area contributed by atoms with Gasteiger partial charge in [-0.2, -0.15) is 0 Å². The van der Waals surface area contributed by atoms with Gasteiger partial charge in [-0.3, -0.25) is 0 Å². The summed E-state index contributed by atoms with van der Waals surface area (Å²) in [5.41, 5.74) is 9.50. The van der Waals surface area contributed by atoms with E-state index in [0.717, 1.165) is 29.2 Å². The molecule has 2 N–H and O–H groups in total. The van der Waals surface area contributed by atoms with Crippen molar-refractivity contribution in [3.05, 3.63) is 64.7 Å². The van der Waals surface area contributed by atoms with Gasteiger partial charge in [0.05, 0.1) is 0 Å². The summed E-state index contributed by atoms with van der Waals surface area (Å²) in [5, 5.41) is 0.791. The molecule has 1 unspecified atom stereocenters. The Labute approximate surface area is 126 Å². The molecule has 0 aliphatic rings. The molecule has 3 heteroatoms. The van der Waals surface area contributed by atoms with Crippen molar-refractivity contribution < 1.29 is 0 Å². The van der Waals surface area contributed by atoms with Gasteiger partial charge in [0.2, 0.25) is 0 Å². The van der Waals surface area contributed by atoms with Crippen molar-refractivity contribution in [3.8, 4) is 0 Å². The van der Waals surface area contributed by atoms with Crippen LogP contribution in [0.25, 0.3) is 0 Å². The minimum Gasteiger partial charge on any atom is -0.370 e. The number of hydrogen-bond donors (Lipinski definition) is 1. The molecule has 0 aliphatic carbocycles. The molecule has 0 saturated heterocycles. The van der Waals surface area contributed by atoms with E-state index in [4.69, 9.17) is 17.3 Å². The summed E-state index contributed by atoms with van der Waals surface area (Å²) in [6.45, 7) is 2.86. The van der Waals surface area contributed by atoms with E-state index in [0.29, 0.717) is 0 Å². The van der Waals surface area contributed by atoms with Gasteiger partial charge in [0.15, 0.2) is 0 Å². The molecule has 0 spiro atoms. The van der Waals surface area contributed by atoms with Gasteiger partial charge < -0.3 is 10.6 Å². The van der Waals surface area contributed by atoms with E-state index in [9.17, 15) is 0 Å². The van der Waals surface area contributed by atoms with Gasteiger partial charge in [0.1, 0.15) is 0 Å². The molecule has 2 aromatic carbocycles. The molecular weight excluding hydrogens is 268 g/mol. The normalized spacial score (nSPS) is 12.2. The molecular formula is C17H21ClN2. The van der Waals surface area contributed by atoms with Crippen LogP contribution in [0, 0.1) is 0 Å². The zero-order chi connectivity index (χ0) is 14.5. The van der Waals surface area contributed by atoms with Crippen LogP contribution in [0.15, 0.2) is 48.5 Å². The van der Waals surface area contributed by atoms with Crippen LogP contribution in [0.3, 0.4) is 0 Å². The fourth-order valence-electron chi connectivity index (χ4n) is 2.37. The maximum Gasteiger partial charge on any atom is 0.0459 e. The smallest absolute Gasteiger partial charge is 0.0459 e. The molecule has 0 fully saturated rings. The molecule has 0 saturated carbocycles. The monoisotopic (exact) mass is 288 g/mol. The summed E-state index contributed by atoms with van der Waals surface area (Å²) in [6.07, 6.45) is 0.786. The van der Waals surface area contributed by atoms with Crippen LogP contribution in [0.2, 0.25) is 5.02 Å². The first kappa shape index (κ1) is 14.9. The van der Waals surface area contributed by atoms with E-state index >= 15 is 0 Å². The summed E-state index contributed by atoms with van der Waals surface area (Å²) in [5.74, 6) is 0. The second kappa shape index (κ2) is 6.78. The molecule has 0 aliphatic heterocycles. The second-order valence-electron chi connectivity index (χ2n) is 5.26. The number of nitrogens with two attached hydrogens (primary N) is 1. The summed E-state index contributed by atoms with van der Waals surface area (Å²) < 4.78 is 0. The van der Waals surface area contributed by atoms with Crippen molar-refractivity contribution in [3.63, 3.8) is 0 Å². The zero-order valence-corrected chi connectivity index (χ0v) is 12.8. The summed E-state index contributed by atoms with van der Waals surface area (Å²) >= 11 is 6.34. The van der Waals surface area contributed by atoms with Gasteiger partial charge in [-0.05, 0) is 36.6 Å². The van der Waals surface area contributed by atoms with Crippen LogP contribution in [0.5, 0.6) is 0 Å². The van der Waals surface area contributed by atoms with Gasteiger partial charge >= 0.3 is 0 Å². The molecule has 0 amide bonds. The highest BCUT2D eigenvalue weighted by Gasteiger charge is 2.12.